The third kappa shape index (κ3) is 2.81. The zero-order valence-corrected chi connectivity index (χ0v) is 12.9. The van der Waals surface area contributed by atoms with Gasteiger partial charge in [0.15, 0.2) is 0 Å². The number of rotatable bonds is 2. The average Bonchev–Trinajstić information content (AvgIpc) is 2.82. The molecule has 6 heteroatoms. The Morgan fingerprint density at radius 1 is 1.35 bits per heavy atom. The molecule has 1 aromatic carbocycles. The van der Waals surface area contributed by atoms with Crippen molar-refractivity contribution in [2.45, 2.75) is 32.1 Å². The van der Waals surface area contributed by atoms with Gasteiger partial charge in [-0.15, -0.1) is 0 Å². The lowest BCUT2D eigenvalue weighted by atomic mass is 9.80. The highest BCUT2D eigenvalue weighted by atomic mass is 32.2. The fraction of sp³-hybridized carbons (Fsp3) is 0.571. The molecule has 2 rings (SSSR count). The van der Waals surface area contributed by atoms with Gasteiger partial charge in [0, 0.05) is 13.1 Å². The molecule has 4 nitrogen and oxygen atoms in total. The number of nitrogens with zero attached hydrogens (tertiary/aromatic N) is 1. The van der Waals surface area contributed by atoms with Crippen molar-refractivity contribution in [1.29, 1.82) is 0 Å². The summed E-state index contributed by atoms with van der Waals surface area (Å²) in [6, 6.07) is 3.45. The van der Waals surface area contributed by atoms with Crippen LogP contribution >= 0.6 is 0 Å². The molecular weight excluding hydrogens is 279 g/mol. The van der Waals surface area contributed by atoms with Crippen LogP contribution in [-0.4, -0.2) is 25.8 Å². The van der Waals surface area contributed by atoms with Crippen LogP contribution in [0.3, 0.4) is 0 Å². The summed E-state index contributed by atoms with van der Waals surface area (Å²) in [6.07, 6.45) is 0.817. The first-order valence-electron chi connectivity index (χ1n) is 6.67. The second-order valence-electron chi connectivity index (χ2n) is 6.40. The van der Waals surface area contributed by atoms with Crippen molar-refractivity contribution in [2.75, 3.05) is 18.8 Å². The lowest BCUT2D eigenvalue weighted by molar-refractivity contribution is 0.252. The largest absolute Gasteiger partial charge is 0.398 e. The van der Waals surface area contributed by atoms with Gasteiger partial charge >= 0.3 is 0 Å². The molecule has 2 N–H and O–H groups in total. The molecular formula is C14H21FN2O2S. The Kier molecular flexibility index (Phi) is 3.81. The van der Waals surface area contributed by atoms with Crippen molar-refractivity contribution in [3.8, 4) is 0 Å². The van der Waals surface area contributed by atoms with Crippen molar-refractivity contribution in [3.63, 3.8) is 0 Å². The molecule has 1 fully saturated rings. The molecule has 0 bridgehead atoms. The van der Waals surface area contributed by atoms with Gasteiger partial charge < -0.3 is 5.73 Å². The minimum atomic E-state index is -3.72. The van der Waals surface area contributed by atoms with Gasteiger partial charge in [0.05, 0.1) is 5.69 Å². The molecule has 0 saturated carbocycles. The van der Waals surface area contributed by atoms with Crippen LogP contribution in [0.15, 0.2) is 23.1 Å². The van der Waals surface area contributed by atoms with E-state index in [9.17, 15) is 12.8 Å². The summed E-state index contributed by atoms with van der Waals surface area (Å²) in [5.41, 5.74) is 5.83. The molecule has 0 amide bonds. The maximum atomic E-state index is 13.3. The van der Waals surface area contributed by atoms with Gasteiger partial charge in [-0.3, -0.25) is 0 Å². The molecule has 20 heavy (non-hydrogen) atoms. The number of nitrogen functional groups attached to an aromatic ring is 1. The quantitative estimate of drug-likeness (QED) is 0.853. The Bertz CT molecular complexity index is 608. The minimum absolute atomic E-state index is 0.0533. The van der Waals surface area contributed by atoms with Gasteiger partial charge in [-0.2, -0.15) is 4.31 Å². The van der Waals surface area contributed by atoms with Crippen LogP contribution < -0.4 is 5.73 Å². The fourth-order valence-corrected chi connectivity index (χ4v) is 4.15. The van der Waals surface area contributed by atoms with Crippen LogP contribution in [0.25, 0.3) is 0 Å². The van der Waals surface area contributed by atoms with Gasteiger partial charge in [-0.25, -0.2) is 12.8 Å². The van der Waals surface area contributed by atoms with Crippen LogP contribution in [0, 0.1) is 17.2 Å². The minimum Gasteiger partial charge on any atom is -0.398 e. The van der Waals surface area contributed by atoms with E-state index in [2.05, 4.69) is 20.8 Å². The van der Waals surface area contributed by atoms with Crippen molar-refractivity contribution < 1.29 is 12.8 Å². The van der Waals surface area contributed by atoms with Crippen LogP contribution in [0.5, 0.6) is 0 Å². The maximum absolute atomic E-state index is 13.3. The normalized spacial score (nSPS) is 21.3. The second kappa shape index (κ2) is 5.00. The van der Waals surface area contributed by atoms with E-state index in [1.54, 1.807) is 0 Å². The zero-order chi connectivity index (χ0) is 15.1. The average molecular weight is 300 g/mol. The Labute approximate surface area is 119 Å². The van der Waals surface area contributed by atoms with Crippen molar-refractivity contribution in [1.82, 2.24) is 4.31 Å². The fourth-order valence-electron chi connectivity index (χ4n) is 2.52. The molecule has 0 aromatic heterocycles. The molecule has 0 radical (unpaired) electrons. The topological polar surface area (TPSA) is 63.4 Å². The van der Waals surface area contributed by atoms with Crippen LogP contribution in [0.2, 0.25) is 0 Å². The number of hydrogen-bond donors (Lipinski definition) is 1. The van der Waals surface area contributed by atoms with E-state index in [-0.39, 0.29) is 16.0 Å². The Morgan fingerprint density at radius 3 is 2.55 bits per heavy atom. The number of hydrogen-bond acceptors (Lipinski definition) is 3. The monoisotopic (exact) mass is 300 g/mol. The zero-order valence-electron chi connectivity index (χ0n) is 12.1. The van der Waals surface area contributed by atoms with Crippen molar-refractivity contribution in [2.24, 2.45) is 11.3 Å². The van der Waals surface area contributed by atoms with Crippen LogP contribution in [0.1, 0.15) is 27.2 Å². The van der Waals surface area contributed by atoms with E-state index in [1.165, 1.54) is 10.4 Å². The van der Waals surface area contributed by atoms with E-state index >= 15 is 0 Å². The standard InChI is InChI=1S/C14H21FN2O2S/c1-14(2,3)10-6-7-17(9-10)20(18,19)13-8-11(15)4-5-12(13)16/h4-5,8,10H,6-7,9,16H2,1-3H3. The molecule has 1 aliphatic rings. The molecule has 112 valence electrons. The van der Waals surface area contributed by atoms with E-state index in [1.807, 2.05) is 0 Å². The third-order valence-electron chi connectivity index (χ3n) is 3.97. The SMILES string of the molecule is CC(C)(C)C1CCN(S(=O)(=O)c2cc(F)ccc2N)C1. The first-order valence-corrected chi connectivity index (χ1v) is 8.11. The van der Waals surface area contributed by atoms with E-state index < -0.39 is 15.8 Å². The Balaban J connectivity index is 2.31. The highest BCUT2D eigenvalue weighted by Crippen LogP contribution is 2.36. The summed E-state index contributed by atoms with van der Waals surface area (Å²) in [5, 5.41) is 0. The summed E-state index contributed by atoms with van der Waals surface area (Å²) in [7, 11) is -3.72. The molecule has 1 heterocycles. The predicted molar refractivity (Wildman–Crippen MR) is 77.1 cm³/mol. The van der Waals surface area contributed by atoms with E-state index in [0.717, 1.165) is 18.6 Å². The van der Waals surface area contributed by atoms with Crippen LogP contribution in [-0.2, 0) is 10.0 Å². The van der Waals surface area contributed by atoms with Gasteiger partial charge in [0.25, 0.3) is 0 Å². The lowest BCUT2D eigenvalue weighted by Crippen LogP contribution is -2.31. The second-order valence-corrected chi connectivity index (χ2v) is 8.30. The smallest absolute Gasteiger partial charge is 0.245 e. The molecule has 1 aromatic rings. The molecule has 0 spiro atoms. The molecule has 1 saturated heterocycles. The predicted octanol–water partition coefficient (Wildman–Crippen LogP) is 2.46. The lowest BCUT2D eigenvalue weighted by Gasteiger charge is -2.27. The third-order valence-corrected chi connectivity index (χ3v) is 5.89. The molecule has 1 unspecified atom stereocenters. The van der Waals surface area contributed by atoms with Crippen molar-refractivity contribution in [3.05, 3.63) is 24.0 Å². The number of sulfonamides is 1. The summed E-state index contributed by atoms with van der Waals surface area (Å²) in [5.74, 6) is -0.295. The summed E-state index contributed by atoms with van der Waals surface area (Å²) in [4.78, 5) is -0.132. The van der Waals surface area contributed by atoms with Gasteiger partial charge in [-0.05, 0) is 36.0 Å². The molecule has 0 aliphatic carbocycles. The van der Waals surface area contributed by atoms with Gasteiger partial charge in [0.2, 0.25) is 10.0 Å². The summed E-state index contributed by atoms with van der Waals surface area (Å²) >= 11 is 0. The number of anilines is 1. The first-order chi connectivity index (χ1) is 9.12. The van der Waals surface area contributed by atoms with E-state index in [0.29, 0.717) is 19.0 Å². The summed E-state index contributed by atoms with van der Waals surface area (Å²) in [6.45, 7) is 7.22. The van der Waals surface area contributed by atoms with Crippen LogP contribution in [0.4, 0.5) is 10.1 Å². The number of benzene rings is 1. The van der Waals surface area contributed by atoms with Crippen molar-refractivity contribution >= 4 is 15.7 Å². The Morgan fingerprint density at radius 2 is 2.00 bits per heavy atom. The van der Waals surface area contributed by atoms with Gasteiger partial charge in [-0.1, -0.05) is 20.8 Å². The number of halogens is 1. The number of nitrogens with two attached hydrogens (primary N) is 1. The molecule has 1 aliphatic heterocycles. The highest BCUT2D eigenvalue weighted by molar-refractivity contribution is 7.89. The Hall–Kier alpha value is -1.14. The first kappa shape index (κ1) is 15.3. The summed E-state index contributed by atoms with van der Waals surface area (Å²) < 4.78 is 39.8. The maximum Gasteiger partial charge on any atom is 0.245 e. The van der Waals surface area contributed by atoms with Gasteiger partial charge in [0.1, 0.15) is 10.7 Å². The van der Waals surface area contributed by atoms with E-state index in [4.69, 9.17) is 5.73 Å². The molecule has 1 atom stereocenters. The highest BCUT2D eigenvalue weighted by Gasteiger charge is 2.38.